The molecule has 0 aromatic carbocycles. The second kappa shape index (κ2) is 10.0. The Labute approximate surface area is 148 Å². The van der Waals surface area contributed by atoms with E-state index in [1.807, 2.05) is 6.92 Å². The van der Waals surface area contributed by atoms with Crippen LogP contribution in [-0.2, 0) is 28.7 Å². The lowest BCUT2D eigenvalue weighted by atomic mass is 10.0. The highest BCUT2D eigenvalue weighted by Gasteiger charge is 2.35. The molecular weight excluding hydrogens is 328 g/mol. The van der Waals surface area contributed by atoms with Crippen molar-refractivity contribution in [2.75, 3.05) is 13.2 Å². The van der Waals surface area contributed by atoms with Gasteiger partial charge in [-0.3, -0.25) is 9.59 Å². The molecule has 2 rings (SSSR count). The highest BCUT2D eigenvalue weighted by molar-refractivity contribution is 5.90. The van der Waals surface area contributed by atoms with Crippen molar-refractivity contribution in [2.24, 2.45) is 11.8 Å². The molecule has 4 atom stereocenters. The van der Waals surface area contributed by atoms with Crippen LogP contribution in [0.15, 0.2) is 0 Å². The van der Waals surface area contributed by atoms with Gasteiger partial charge >= 0.3 is 11.9 Å². The molecule has 0 aromatic heterocycles. The van der Waals surface area contributed by atoms with Crippen LogP contribution < -0.4 is 10.6 Å². The van der Waals surface area contributed by atoms with Gasteiger partial charge in [-0.05, 0) is 33.1 Å². The molecule has 2 aliphatic heterocycles. The van der Waals surface area contributed by atoms with E-state index in [1.165, 1.54) is 0 Å². The number of amides is 2. The molecule has 2 heterocycles. The van der Waals surface area contributed by atoms with Gasteiger partial charge in [-0.25, -0.2) is 9.59 Å². The number of carbonyl (C=O) groups excluding carboxylic acids is 4. The van der Waals surface area contributed by atoms with E-state index in [1.54, 1.807) is 20.8 Å². The van der Waals surface area contributed by atoms with Gasteiger partial charge in [0.2, 0.25) is 11.8 Å². The van der Waals surface area contributed by atoms with Gasteiger partial charge < -0.3 is 20.1 Å². The van der Waals surface area contributed by atoms with Crippen LogP contribution in [-0.4, -0.2) is 49.1 Å². The summed E-state index contributed by atoms with van der Waals surface area (Å²) in [7, 11) is 0. The molecule has 2 amide bonds. The summed E-state index contributed by atoms with van der Waals surface area (Å²) in [4.78, 5) is 44.5. The smallest absolute Gasteiger partial charge is 0.328 e. The normalized spacial score (nSPS) is 27.7. The summed E-state index contributed by atoms with van der Waals surface area (Å²) >= 11 is 0. The average Bonchev–Trinajstić information content (AvgIpc) is 3.11. The Kier molecular flexibility index (Phi) is 8.37. The third kappa shape index (κ3) is 6.03. The number of nitrogens with one attached hydrogen (secondary N) is 2. The van der Waals surface area contributed by atoms with E-state index in [9.17, 15) is 19.2 Å². The maximum Gasteiger partial charge on any atom is 0.328 e. The third-order valence-electron chi connectivity index (χ3n) is 4.20. The Morgan fingerprint density at radius 1 is 0.920 bits per heavy atom. The van der Waals surface area contributed by atoms with Gasteiger partial charge in [-0.1, -0.05) is 13.8 Å². The van der Waals surface area contributed by atoms with E-state index in [2.05, 4.69) is 10.6 Å². The number of carbonyl (C=O) groups is 4. The quantitative estimate of drug-likeness (QED) is 0.696. The van der Waals surface area contributed by atoms with E-state index in [0.29, 0.717) is 26.1 Å². The summed E-state index contributed by atoms with van der Waals surface area (Å²) in [5.41, 5.74) is 0. The molecule has 25 heavy (non-hydrogen) atoms. The van der Waals surface area contributed by atoms with E-state index < -0.39 is 12.1 Å². The van der Waals surface area contributed by atoms with Crippen LogP contribution in [0.4, 0.5) is 0 Å². The molecule has 0 spiro atoms. The van der Waals surface area contributed by atoms with Gasteiger partial charge in [0.25, 0.3) is 0 Å². The van der Waals surface area contributed by atoms with E-state index in [0.717, 1.165) is 6.42 Å². The fourth-order valence-electron chi connectivity index (χ4n) is 2.72. The standard InChI is InChI=1S/C9H15NO3.C8H13NO3/c1-3-6-5-7(10-8(6)11)9(12)13-4-2;1-3-12-8(11)6-4-5(2)7(10)9-6/h6-7H,3-5H2,1-2H3,(H,10,11);5-6H,3-4H2,1-2H3,(H,9,10)/t6?,7-;5?,6-/m00/s1. The lowest BCUT2D eigenvalue weighted by Crippen LogP contribution is -2.34. The van der Waals surface area contributed by atoms with Gasteiger partial charge in [-0.15, -0.1) is 0 Å². The van der Waals surface area contributed by atoms with E-state index in [-0.39, 0.29) is 35.6 Å². The molecule has 8 nitrogen and oxygen atoms in total. The molecule has 0 aromatic rings. The van der Waals surface area contributed by atoms with E-state index >= 15 is 0 Å². The Bertz CT molecular complexity index is 507. The first-order chi connectivity index (χ1) is 11.8. The van der Waals surface area contributed by atoms with Gasteiger partial charge in [0.1, 0.15) is 12.1 Å². The molecule has 2 fully saturated rings. The maximum atomic E-state index is 11.2. The van der Waals surface area contributed by atoms with Crippen molar-refractivity contribution in [3.05, 3.63) is 0 Å². The Morgan fingerprint density at radius 3 is 1.76 bits per heavy atom. The highest BCUT2D eigenvalue weighted by Crippen LogP contribution is 2.19. The summed E-state index contributed by atoms with van der Waals surface area (Å²) in [6.07, 6.45) is 1.91. The molecule has 0 saturated carbocycles. The van der Waals surface area contributed by atoms with Crippen LogP contribution in [0, 0.1) is 11.8 Å². The van der Waals surface area contributed by atoms with Crippen LogP contribution in [0.3, 0.4) is 0 Å². The van der Waals surface area contributed by atoms with Gasteiger partial charge in [0, 0.05) is 11.8 Å². The minimum absolute atomic E-state index is 0.0191. The first-order valence-electron chi connectivity index (χ1n) is 8.77. The monoisotopic (exact) mass is 356 g/mol. The van der Waals surface area contributed by atoms with Crippen molar-refractivity contribution >= 4 is 23.8 Å². The summed E-state index contributed by atoms with van der Waals surface area (Å²) in [6, 6.07) is -0.843. The zero-order chi connectivity index (χ0) is 19.0. The Morgan fingerprint density at radius 2 is 1.40 bits per heavy atom. The zero-order valence-corrected chi connectivity index (χ0v) is 15.3. The summed E-state index contributed by atoms with van der Waals surface area (Å²) in [5.74, 6) is -0.815. The van der Waals surface area contributed by atoms with Crippen LogP contribution in [0.1, 0.15) is 47.0 Å². The molecule has 0 bridgehead atoms. The predicted molar refractivity (Wildman–Crippen MR) is 89.3 cm³/mol. The number of esters is 2. The third-order valence-corrected chi connectivity index (χ3v) is 4.20. The molecule has 2 saturated heterocycles. The molecular formula is C17H28N2O6. The van der Waals surface area contributed by atoms with Crippen molar-refractivity contribution < 1.29 is 28.7 Å². The number of rotatable bonds is 5. The van der Waals surface area contributed by atoms with Gasteiger partial charge in [0.15, 0.2) is 0 Å². The first kappa shape index (κ1) is 20.9. The largest absolute Gasteiger partial charge is 0.464 e. The summed E-state index contributed by atoms with van der Waals surface area (Å²) in [6.45, 7) is 7.97. The molecule has 142 valence electrons. The maximum absolute atomic E-state index is 11.2. The highest BCUT2D eigenvalue weighted by atomic mass is 16.5. The van der Waals surface area contributed by atoms with Gasteiger partial charge in [0.05, 0.1) is 13.2 Å². The fourth-order valence-corrected chi connectivity index (χ4v) is 2.72. The van der Waals surface area contributed by atoms with E-state index in [4.69, 9.17) is 9.47 Å². The van der Waals surface area contributed by atoms with Crippen molar-refractivity contribution in [1.82, 2.24) is 10.6 Å². The van der Waals surface area contributed by atoms with Crippen molar-refractivity contribution in [3.8, 4) is 0 Å². The second-order valence-electron chi connectivity index (χ2n) is 6.10. The molecule has 2 unspecified atom stereocenters. The van der Waals surface area contributed by atoms with Gasteiger partial charge in [-0.2, -0.15) is 0 Å². The second-order valence-corrected chi connectivity index (χ2v) is 6.10. The number of ether oxygens (including phenoxy) is 2. The van der Waals surface area contributed by atoms with Crippen molar-refractivity contribution in [2.45, 2.75) is 59.0 Å². The van der Waals surface area contributed by atoms with Crippen molar-refractivity contribution in [3.63, 3.8) is 0 Å². The van der Waals surface area contributed by atoms with Crippen LogP contribution in [0.25, 0.3) is 0 Å². The molecule has 0 aliphatic carbocycles. The average molecular weight is 356 g/mol. The van der Waals surface area contributed by atoms with Crippen LogP contribution in [0.2, 0.25) is 0 Å². The molecule has 8 heteroatoms. The minimum atomic E-state index is -0.424. The lowest BCUT2D eigenvalue weighted by molar-refractivity contribution is -0.146. The van der Waals surface area contributed by atoms with Crippen LogP contribution >= 0.6 is 0 Å². The number of hydrogen-bond donors (Lipinski definition) is 2. The van der Waals surface area contributed by atoms with Crippen LogP contribution in [0.5, 0.6) is 0 Å². The molecule has 2 aliphatic rings. The van der Waals surface area contributed by atoms with Crippen molar-refractivity contribution in [1.29, 1.82) is 0 Å². The summed E-state index contributed by atoms with van der Waals surface area (Å²) < 4.78 is 9.58. The number of hydrogen-bond acceptors (Lipinski definition) is 6. The first-order valence-corrected chi connectivity index (χ1v) is 8.77. The summed E-state index contributed by atoms with van der Waals surface area (Å²) in [5, 5.41) is 5.20. The zero-order valence-electron chi connectivity index (χ0n) is 15.3. The lowest BCUT2D eigenvalue weighted by Gasteiger charge is -2.07. The topological polar surface area (TPSA) is 111 Å². The fraction of sp³-hybridized carbons (Fsp3) is 0.765. The molecule has 0 radical (unpaired) electrons. The Hall–Kier alpha value is -2.12. The predicted octanol–water partition coefficient (Wildman–Crippen LogP) is 0.538. The molecule has 2 N–H and O–H groups in total. The Balaban J connectivity index is 0.000000251. The SMILES string of the molecule is CCOC(=O)[C@@H]1CC(C)C(=O)N1.CCOC(=O)[C@@H]1CC(CC)C(=O)N1. The minimum Gasteiger partial charge on any atom is -0.464 e.